The quantitative estimate of drug-likeness (QED) is 0.351. The normalized spacial score (nSPS) is 22.3. The number of halogens is 4. The predicted molar refractivity (Wildman–Crippen MR) is 132 cm³/mol. The number of hydrogen-bond acceptors (Lipinski definition) is 8. The van der Waals surface area contributed by atoms with Gasteiger partial charge in [0.25, 0.3) is 0 Å². The first-order chi connectivity index (χ1) is 18.2. The van der Waals surface area contributed by atoms with Gasteiger partial charge in [-0.05, 0) is 24.1 Å². The van der Waals surface area contributed by atoms with Crippen molar-refractivity contribution in [3.63, 3.8) is 0 Å². The van der Waals surface area contributed by atoms with Crippen LogP contribution in [0.2, 0.25) is 0 Å². The number of nitrogen functional groups attached to an aromatic ring is 1. The molecule has 3 aromatic heterocycles. The average Bonchev–Trinajstić information content (AvgIpc) is 3.24. The summed E-state index contributed by atoms with van der Waals surface area (Å²) in [6.45, 7) is 0.829. The zero-order valence-electron chi connectivity index (χ0n) is 20.3. The highest BCUT2D eigenvalue weighted by atomic mass is 19.3. The number of nitrogens with two attached hydrogens (primary N) is 2. The lowest BCUT2D eigenvalue weighted by atomic mass is 10.0. The van der Waals surface area contributed by atoms with Crippen LogP contribution in [-0.4, -0.2) is 56.2 Å². The Morgan fingerprint density at radius 1 is 1.13 bits per heavy atom. The predicted octanol–water partition coefficient (Wildman–Crippen LogP) is 3.37. The number of rotatable bonds is 7. The van der Waals surface area contributed by atoms with Crippen LogP contribution in [0.15, 0.2) is 37.1 Å². The molecule has 38 heavy (non-hydrogen) atoms. The number of pyridine rings is 1. The minimum absolute atomic E-state index is 0.0465. The fourth-order valence-electron chi connectivity index (χ4n) is 5.78. The minimum Gasteiger partial charge on any atom is -0.494 e. The number of imidazole rings is 1. The van der Waals surface area contributed by atoms with Gasteiger partial charge in [-0.25, -0.2) is 32.5 Å². The molecule has 0 spiro atoms. The van der Waals surface area contributed by atoms with E-state index in [9.17, 15) is 17.6 Å². The van der Waals surface area contributed by atoms with E-state index < -0.39 is 30.0 Å². The van der Waals surface area contributed by atoms with Crippen LogP contribution in [0.1, 0.15) is 18.4 Å². The maximum atomic E-state index is 14.9. The monoisotopic (exact) mass is 528 g/mol. The number of hydrogen-bond donors (Lipinski definition) is 2. The Bertz CT molecular complexity index is 1550. The number of nitrogens with zero attached hydrogens (tertiary/aromatic N) is 6. The van der Waals surface area contributed by atoms with E-state index in [0.29, 0.717) is 35.4 Å². The summed E-state index contributed by atoms with van der Waals surface area (Å²) >= 11 is 0. The van der Waals surface area contributed by atoms with E-state index in [-0.39, 0.29) is 41.3 Å². The maximum Gasteiger partial charge on any atom is 0.240 e. The SMILES string of the molecule is COc1cc(F)c(-c2cc(Cn3cnc4c(N)ncnc43)c(N3CCC4C3[C@@]4(N)CC(F)F)cn2)cc1F. The van der Waals surface area contributed by atoms with Gasteiger partial charge in [0.05, 0.1) is 43.6 Å². The lowest BCUT2D eigenvalue weighted by Crippen LogP contribution is -2.41. The molecule has 0 radical (unpaired) electrons. The third-order valence-corrected chi connectivity index (χ3v) is 7.60. The molecular formula is C25H24F4N8O. The molecule has 6 rings (SSSR count). The molecule has 13 heteroatoms. The topological polar surface area (TPSA) is 121 Å². The summed E-state index contributed by atoms with van der Waals surface area (Å²) in [6.07, 6.45) is 2.21. The van der Waals surface area contributed by atoms with E-state index in [1.54, 1.807) is 23.2 Å². The summed E-state index contributed by atoms with van der Waals surface area (Å²) in [4.78, 5) is 19.0. The number of alkyl halides is 2. The van der Waals surface area contributed by atoms with Gasteiger partial charge in [0, 0.05) is 36.1 Å². The van der Waals surface area contributed by atoms with E-state index in [1.165, 1.54) is 13.4 Å². The van der Waals surface area contributed by atoms with Crippen LogP contribution in [0.4, 0.5) is 29.1 Å². The van der Waals surface area contributed by atoms with Crippen molar-refractivity contribution in [3.8, 4) is 17.0 Å². The van der Waals surface area contributed by atoms with Crippen molar-refractivity contribution < 1.29 is 22.3 Å². The Morgan fingerprint density at radius 2 is 1.95 bits per heavy atom. The molecule has 9 nitrogen and oxygen atoms in total. The summed E-state index contributed by atoms with van der Waals surface area (Å²) in [7, 11) is 1.25. The maximum absolute atomic E-state index is 14.9. The number of fused-ring (bicyclic) bond motifs is 2. The first-order valence-electron chi connectivity index (χ1n) is 12.0. The van der Waals surface area contributed by atoms with Crippen molar-refractivity contribution in [2.75, 3.05) is 24.3 Å². The molecule has 4 N–H and O–H groups in total. The summed E-state index contributed by atoms with van der Waals surface area (Å²) in [5.74, 6) is -1.49. The fourth-order valence-corrected chi connectivity index (χ4v) is 5.78. The molecule has 198 valence electrons. The third-order valence-electron chi connectivity index (χ3n) is 7.60. The Labute approximate surface area is 214 Å². The first-order valence-corrected chi connectivity index (χ1v) is 12.0. The summed E-state index contributed by atoms with van der Waals surface area (Å²) in [5.41, 5.74) is 13.7. The Kier molecular flexibility index (Phi) is 5.63. The molecule has 2 unspecified atom stereocenters. The van der Waals surface area contributed by atoms with Crippen LogP contribution in [0, 0.1) is 17.6 Å². The van der Waals surface area contributed by atoms with Gasteiger partial charge in [-0.1, -0.05) is 0 Å². The van der Waals surface area contributed by atoms with E-state index in [0.717, 1.165) is 12.1 Å². The molecule has 4 heterocycles. The molecule has 2 aliphatic rings. The number of anilines is 2. The first kappa shape index (κ1) is 24.3. The van der Waals surface area contributed by atoms with Crippen molar-refractivity contribution in [1.82, 2.24) is 24.5 Å². The van der Waals surface area contributed by atoms with Crippen LogP contribution in [-0.2, 0) is 6.54 Å². The number of ether oxygens (including phenoxy) is 1. The summed E-state index contributed by atoms with van der Waals surface area (Å²) < 4.78 is 62.5. The van der Waals surface area contributed by atoms with Crippen molar-refractivity contribution in [3.05, 3.63) is 54.2 Å². The smallest absolute Gasteiger partial charge is 0.240 e. The highest BCUT2D eigenvalue weighted by Gasteiger charge is 2.68. The standard InChI is InChI=1S/C25H24F4N8O/c1-38-19-6-15(26)13(5-16(19)27)17-4-12(9-36-11-35-21-23(30)33-10-34-24(21)36)18(8-32-17)37-3-2-14-22(37)25(14,31)7-20(28)29/h4-6,8,10-11,14,20,22H,2-3,7,9,31H2,1H3,(H2,30,33,34)/t14?,22?,25-/m1/s1. The molecule has 3 atom stereocenters. The van der Waals surface area contributed by atoms with Gasteiger partial charge in [0.15, 0.2) is 23.0 Å². The molecule has 1 aromatic carbocycles. The average molecular weight is 529 g/mol. The second-order valence-electron chi connectivity index (χ2n) is 9.71. The summed E-state index contributed by atoms with van der Waals surface area (Å²) in [6, 6.07) is 3.37. The van der Waals surface area contributed by atoms with Crippen molar-refractivity contribution in [2.45, 2.75) is 37.4 Å². The third kappa shape index (κ3) is 3.80. The van der Waals surface area contributed by atoms with Crippen molar-refractivity contribution in [2.24, 2.45) is 11.7 Å². The van der Waals surface area contributed by atoms with E-state index in [1.807, 2.05) is 4.90 Å². The fraction of sp³-hybridized carbons (Fsp3) is 0.360. The van der Waals surface area contributed by atoms with Gasteiger partial charge in [0.2, 0.25) is 6.43 Å². The molecule has 1 saturated heterocycles. The molecule has 1 aliphatic heterocycles. The molecule has 1 saturated carbocycles. The highest BCUT2D eigenvalue weighted by Crippen LogP contribution is 2.56. The zero-order chi connectivity index (χ0) is 26.8. The van der Waals surface area contributed by atoms with Gasteiger partial charge in [-0.2, -0.15) is 0 Å². The molecule has 0 bridgehead atoms. The van der Waals surface area contributed by atoms with Gasteiger partial charge in [0.1, 0.15) is 17.7 Å². The van der Waals surface area contributed by atoms with Gasteiger partial charge in [-0.3, -0.25) is 4.98 Å². The zero-order valence-corrected chi connectivity index (χ0v) is 20.3. The van der Waals surface area contributed by atoms with Crippen molar-refractivity contribution in [1.29, 1.82) is 0 Å². The van der Waals surface area contributed by atoms with Gasteiger partial charge >= 0.3 is 0 Å². The minimum atomic E-state index is -2.51. The number of methoxy groups -OCH3 is 1. The van der Waals surface area contributed by atoms with E-state index in [4.69, 9.17) is 16.2 Å². The van der Waals surface area contributed by atoms with Crippen LogP contribution in [0.25, 0.3) is 22.4 Å². The lowest BCUT2D eigenvalue weighted by molar-refractivity contribution is 0.120. The lowest BCUT2D eigenvalue weighted by Gasteiger charge is -2.28. The molecule has 1 aliphatic carbocycles. The molecule has 2 fully saturated rings. The summed E-state index contributed by atoms with van der Waals surface area (Å²) in [5, 5.41) is 0. The number of benzene rings is 1. The van der Waals surface area contributed by atoms with Crippen LogP contribution in [0.5, 0.6) is 5.75 Å². The van der Waals surface area contributed by atoms with Crippen molar-refractivity contribution >= 4 is 22.7 Å². The number of piperidine rings is 1. The Morgan fingerprint density at radius 3 is 2.71 bits per heavy atom. The van der Waals surface area contributed by atoms with Gasteiger partial charge in [-0.15, -0.1) is 0 Å². The molecular weight excluding hydrogens is 504 g/mol. The molecule has 0 amide bonds. The molecule has 4 aromatic rings. The van der Waals surface area contributed by atoms with Crippen LogP contribution >= 0.6 is 0 Å². The van der Waals surface area contributed by atoms with E-state index in [2.05, 4.69) is 19.9 Å². The Hall–Kier alpha value is -4.00. The second kappa shape index (κ2) is 8.79. The second-order valence-corrected chi connectivity index (χ2v) is 9.71. The van der Waals surface area contributed by atoms with Gasteiger partial charge < -0.3 is 25.7 Å². The van der Waals surface area contributed by atoms with E-state index >= 15 is 0 Å². The highest BCUT2D eigenvalue weighted by molar-refractivity contribution is 5.81. The Balaban J connectivity index is 1.44. The largest absolute Gasteiger partial charge is 0.494 e. The van der Waals surface area contributed by atoms with Crippen LogP contribution < -0.4 is 21.1 Å². The van der Waals surface area contributed by atoms with Crippen LogP contribution in [0.3, 0.4) is 0 Å². The number of aromatic nitrogens is 5.